The molecule has 1 aliphatic carbocycles. The monoisotopic (exact) mass is 535 g/mol. The third-order valence-corrected chi connectivity index (χ3v) is 5.81. The predicted molar refractivity (Wildman–Crippen MR) is 133 cm³/mol. The van der Waals surface area contributed by atoms with Gasteiger partial charge in [0.25, 0.3) is 0 Å². The summed E-state index contributed by atoms with van der Waals surface area (Å²) in [7, 11) is 0. The van der Waals surface area contributed by atoms with E-state index in [0.29, 0.717) is 44.3 Å². The number of aliphatic imine (C=N–C) groups is 1. The average Bonchev–Trinajstić information content (AvgIpc) is 2.93. The van der Waals surface area contributed by atoms with E-state index < -0.39 is 0 Å². The molecule has 1 heterocycles. The summed E-state index contributed by atoms with van der Waals surface area (Å²) < 4.78 is 0. The van der Waals surface area contributed by atoms with Crippen molar-refractivity contribution in [1.82, 2.24) is 20.9 Å². The van der Waals surface area contributed by atoms with Crippen LogP contribution in [0.4, 0.5) is 0 Å². The zero-order valence-electron chi connectivity index (χ0n) is 18.7. The van der Waals surface area contributed by atoms with Crippen molar-refractivity contribution in [3.05, 3.63) is 0 Å². The predicted octanol–water partition coefficient (Wildman–Crippen LogP) is 3.04. The van der Waals surface area contributed by atoms with E-state index in [4.69, 9.17) is 0 Å². The molecule has 0 unspecified atom stereocenters. The van der Waals surface area contributed by atoms with Gasteiger partial charge in [-0.2, -0.15) is 0 Å². The number of hydrogen-bond acceptors (Lipinski definition) is 3. The second-order valence-corrected chi connectivity index (χ2v) is 8.29. The molecule has 0 bridgehead atoms. The molecule has 30 heavy (non-hydrogen) atoms. The van der Waals surface area contributed by atoms with Gasteiger partial charge in [-0.05, 0) is 44.9 Å². The van der Waals surface area contributed by atoms with Gasteiger partial charge in [-0.15, -0.1) is 24.0 Å². The van der Waals surface area contributed by atoms with Crippen LogP contribution in [0.2, 0.25) is 0 Å². The summed E-state index contributed by atoms with van der Waals surface area (Å²) in [6.45, 7) is 6.47. The molecule has 2 amide bonds. The Hall–Kier alpha value is -1.06. The van der Waals surface area contributed by atoms with Gasteiger partial charge in [-0.1, -0.05) is 25.7 Å². The molecule has 2 aliphatic rings. The smallest absolute Gasteiger partial charge is 0.222 e. The van der Waals surface area contributed by atoms with Gasteiger partial charge in [0, 0.05) is 52.1 Å². The highest BCUT2D eigenvalue weighted by Crippen LogP contribution is 2.25. The van der Waals surface area contributed by atoms with Crippen LogP contribution in [-0.4, -0.2) is 61.9 Å². The molecular weight excluding hydrogens is 493 g/mol. The molecule has 0 aromatic heterocycles. The molecule has 1 aliphatic heterocycles. The number of carbonyl (C=O) groups is 2. The van der Waals surface area contributed by atoms with Crippen molar-refractivity contribution in [1.29, 1.82) is 0 Å². The van der Waals surface area contributed by atoms with Gasteiger partial charge in [0.2, 0.25) is 11.8 Å². The largest absolute Gasteiger partial charge is 0.357 e. The highest BCUT2D eigenvalue weighted by Gasteiger charge is 2.17. The first-order valence-corrected chi connectivity index (χ1v) is 11.8. The number of halogens is 1. The summed E-state index contributed by atoms with van der Waals surface area (Å²) in [5.74, 6) is 1.81. The van der Waals surface area contributed by atoms with E-state index in [-0.39, 0.29) is 29.9 Å². The molecular formula is C22H42IN5O2. The highest BCUT2D eigenvalue weighted by atomic mass is 127. The average molecular weight is 536 g/mol. The summed E-state index contributed by atoms with van der Waals surface area (Å²) in [5, 5.41) is 9.54. The molecule has 7 nitrogen and oxygen atoms in total. The van der Waals surface area contributed by atoms with E-state index in [2.05, 4.69) is 20.9 Å². The van der Waals surface area contributed by atoms with E-state index >= 15 is 0 Å². The second-order valence-electron chi connectivity index (χ2n) is 8.29. The van der Waals surface area contributed by atoms with Crippen LogP contribution < -0.4 is 16.0 Å². The van der Waals surface area contributed by atoms with Gasteiger partial charge < -0.3 is 20.9 Å². The van der Waals surface area contributed by atoms with Gasteiger partial charge >= 0.3 is 0 Å². The van der Waals surface area contributed by atoms with Gasteiger partial charge in [0.1, 0.15) is 0 Å². The summed E-state index contributed by atoms with van der Waals surface area (Å²) in [6, 6.07) is 0. The summed E-state index contributed by atoms with van der Waals surface area (Å²) in [5.41, 5.74) is 0. The van der Waals surface area contributed by atoms with Crippen LogP contribution in [-0.2, 0) is 9.59 Å². The first-order chi connectivity index (χ1) is 14.2. The molecule has 0 atom stereocenters. The topological polar surface area (TPSA) is 85.8 Å². The summed E-state index contributed by atoms with van der Waals surface area (Å²) in [4.78, 5) is 30.7. The minimum Gasteiger partial charge on any atom is -0.357 e. The molecule has 0 aromatic rings. The lowest BCUT2D eigenvalue weighted by atomic mass is 9.87. The Labute approximate surface area is 199 Å². The Morgan fingerprint density at radius 1 is 1.03 bits per heavy atom. The number of carbonyl (C=O) groups excluding carboxylic acids is 2. The third-order valence-electron chi connectivity index (χ3n) is 5.81. The van der Waals surface area contributed by atoms with Crippen LogP contribution in [0.25, 0.3) is 0 Å². The standard InChI is InChI=1S/C22H41N5O2.HI/c1-2-23-22(25-13-9-17-27-16-8-4-7-12-21(27)29)26-15-14-24-20(28)18-19-10-5-3-6-11-19;/h19H,2-18H2,1H3,(H,24,28)(H2,23,25,26);1H. The number of amides is 2. The lowest BCUT2D eigenvalue weighted by Gasteiger charge is -2.21. The fourth-order valence-electron chi connectivity index (χ4n) is 4.18. The van der Waals surface area contributed by atoms with Crippen LogP contribution in [0, 0.1) is 5.92 Å². The highest BCUT2D eigenvalue weighted by molar-refractivity contribution is 14.0. The zero-order valence-corrected chi connectivity index (χ0v) is 21.0. The number of hydrogen-bond donors (Lipinski definition) is 3. The van der Waals surface area contributed by atoms with Gasteiger partial charge in [0.05, 0.1) is 0 Å². The zero-order chi connectivity index (χ0) is 20.7. The molecule has 0 aromatic carbocycles. The van der Waals surface area contributed by atoms with Crippen LogP contribution in [0.1, 0.15) is 77.6 Å². The van der Waals surface area contributed by atoms with Gasteiger partial charge in [0.15, 0.2) is 5.96 Å². The van der Waals surface area contributed by atoms with Crippen molar-refractivity contribution in [3.8, 4) is 0 Å². The van der Waals surface area contributed by atoms with Crippen molar-refractivity contribution in [3.63, 3.8) is 0 Å². The maximum Gasteiger partial charge on any atom is 0.222 e. The fourth-order valence-corrected chi connectivity index (χ4v) is 4.18. The van der Waals surface area contributed by atoms with Crippen molar-refractivity contribution >= 4 is 41.8 Å². The minimum absolute atomic E-state index is 0. The fraction of sp³-hybridized carbons (Fsp3) is 0.864. The number of nitrogens with one attached hydrogen (secondary N) is 3. The number of rotatable bonds is 10. The van der Waals surface area contributed by atoms with Crippen LogP contribution in [0.3, 0.4) is 0 Å². The molecule has 174 valence electrons. The van der Waals surface area contributed by atoms with Crippen molar-refractivity contribution in [2.45, 2.75) is 77.6 Å². The molecule has 2 rings (SSSR count). The van der Waals surface area contributed by atoms with Crippen molar-refractivity contribution in [2.75, 3.05) is 39.3 Å². The summed E-state index contributed by atoms with van der Waals surface area (Å²) in [6.07, 6.45) is 11.8. The maximum absolute atomic E-state index is 12.1. The lowest BCUT2D eigenvalue weighted by molar-refractivity contribution is -0.130. The summed E-state index contributed by atoms with van der Waals surface area (Å²) >= 11 is 0. The number of nitrogens with zero attached hydrogens (tertiary/aromatic N) is 2. The first-order valence-electron chi connectivity index (χ1n) is 11.8. The van der Waals surface area contributed by atoms with E-state index in [1.807, 2.05) is 11.8 Å². The van der Waals surface area contributed by atoms with Crippen molar-refractivity contribution in [2.24, 2.45) is 10.9 Å². The molecule has 2 fully saturated rings. The van der Waals surface area contributed by atoms with Crippen molar-refractivity contribution < 1.29 is 9.59 Å². The Bertz CT molecular complexity index is 524. The normalized spacial score (nSPS) is 18.4. The van der Waals surface area contributed by atoms with E-state index in [1.54, 1.807) is 0 Å². The molecule has 3 N–H and O–H groups in total. The van der Waals surface area contributed by atoms with Gasteiger partial charge in [-0.3, -0.25) is 14.6 Å². The van der Waals surface area contributed by atoms with Gasteiger partial charge in [-0.25, -0.2) is 0 Å². The quantitative estimate of drug-likeness (QED) is 0.174. The molecule has 1 saturated heterocycles. The SMILES string of the molecule is CCNC(=NCCCN1CCCCCC1=O)NCCNC(=O)CC1CCCCC1.I. The van der Waals surface area contributed by atoms with E-state index in [0.717, 1.165) is 51.3 Å². The molecule has 0 radical (unpaired) electrons. The van der Waals surface area contributed by atoms with Crippen LogP contribution in [0.5, 0.6) is 0 Å². The Kier molecular flexibility index (Phi) is 14.9. The Morgan fingerprint density at radius 2 is 1.77 bits per heavy atom. The maximum atomic E-state index is 12.1. The first kappa shape index (κ1) is 27.0. The second kappa shape index (κ2) is 16.6. The van der Waals surface area contributed by atoms with Crippen LogP contribution >= 0.6 is 24.0 Å². The lowest BCUT2D eigenvalue weighted by Crippen LogP contribution is -2.42. The Morgan fingerprint density at radius 3 is 2.53 bits per heavy atom. The number of guanidine groups is 1. The van der Waals surface area contributed by atoms with E-state index in [1.165, 1.54) is 32.1 Å². The van der Waals surface area contributed by atoms with E-state index in [9.17, 15) is 9.59 Å². The minimum atomic E-state index is 0. The number of likely N-dealkylation sites (tertiary alicyclic amines) is 1. The molecule has 1 saturated carbocycles. The third kappa shape index (κ3) is 11.4. The molecule has 8 heteroatoms. The van der Waals surface area contributed by atoms with Crippen LogP contribution in [0.15, 0.2) is 4.99 Å². The molecule has 0 spiro atoms. The Balaban J connectivity index is 0.00000450.